The average molecular weight is 439 g/mol. The number of methoxy groups -OCH3 is 1. The minimum Gasteiger partial charge on any atom is -0.467 e. The Bertz CT molecular complexity index is 1170. The molecule has 0 saturated carbocycles. The molecule has 10 heteroatoms. The number of nitrogens with zero attached hydrogens (tertiary/aromatic N) is 4. The fraction of sp³-hybridized carbons (Fsp3) is 0.238. The molecule has 0 unspecified atom stereocenters. The third-order valence-electron chi connectivity index (χ3n) is 4.57. The summed E-state index contributed by atoms with van der Waals surface area (Å²) in [5.74, 6) is 0.215. The van der Waals surface area contributed by atoms with Crippen molar-refractivity contribution in [2.75, 3.05) is 18.6 Å². The molecule has 4 aromatic heterocycles. The topological polar surface area (TPSA) is 102 Å². The summed E-state index contributed by atoms with van der Waals surface area (Å²) in [5, 5.41) is 3.32. The molecule has 4 aromatic rings. The van der Waals surface area contributed by atoms with Gasteiger partial charge in [0.15, 0.2) is 5.13 Å². The van der Waals surface area contributed by atoms with Crippen molar-refractivity contribution in [3.05, 3.63) is 71.5 Å². The fourth-order valence-electron chi connectivity index (χ4n) is 2.98. The number of imidazole rings is 1. The first-order valence-electron chi connectivity index (χ1n) is 9.61. The molecule has 0 bridgehead atoms. The molecule has 0 saturated heterocycles. The molecule has 0 aliphatic rings. The lowest BCUT2D eigenvalue weighted by atomic mass is 10.3. The van der Waals surface area contributed by atoms with Crippen LogP contribution in [0.15, 0.2) is 59.7 Å². The Morgan fingerprint density at radius 3 is 3.00 bits per heavy atom. The highest BCUT2D eigenvalue weighted by atomic mass is 32.1. The van der Waals surface area contributed by atoms with E-state index < -0.39 is 0 Å². The Morgan fingerprint density at radius 1 is 1.29 bits per heavy atom. The minimum atomic E-state index is -0.253. The highest BCUT2D eigenvalue weighted by Crippen LogP contribution is 2.25. The molecule has 2 amide bonds. The highest BCUT2D eigenvalue weighted by molar-refractivity contribution is 7.17. The van der Waals surface area contributed by atoms with Gasteiger partial charge in [-0.25, -0.2) is 9.97 Å². The number of aromatic nitrogens is 3. The van der Waals surface area contributed by atoms with E-state index in [2.05, 4.69) is 15.3 Å². The number of pyridine rings is 1. The van der Waals surface area contributed by atoms with Crippen LogP contribution in [-0.4, -0.2) is 39.9 Å². The summed E-state index contributed by atoms with van der Waals surface area (Å²) >= 11 is 1.16. The van der Waals surface area contributed by atoms with Crippen LogP contribution >= 0.6 is 11.3 Å². The molecule has 0 spiro atoms. The van der Waals surface area contributed by atoms with Crippen LogP contribution in [0.5, 0.6) is 0 Å². The Hall–Kier alpha value is -3.50. The SMILES string of the molecule is COCCC(=O)N(Cc1ccco1)c1ncc(C(=O)NCc2ccc3nccn3c2)s1. The van der Waals surface area contributed by atoms with Crippen LogP contribution in [0, 0.1) is 0 Å². The predicted molar refractivity (Wildman–Crippen MR) is 115 cm³/mol. The van der Waals surface area contributed by atoms with Gasteiger partial charge in [-0.1, -0.05) is 17.4 Å². The Balaban J connectivity index is 1.44. The molecule has 4 rings (SSSR count). The van der Waals surface area contributed by atoms with Crippen LogP contribution < -0.4 is 10.2 Å². The van der Waals surface area contributed by atoms with Gasteiger partial charge in [-0.15, -0.1) is 0 Å². The second kappa shape index (κ2) is 9.54. The van der Waals surface area contributed by atoms with Crippen molar-refractivity contribution in [1.29, 1.82) is 0 Å². The number of hydrogen-bond donors (Lipinski definition) is 1. The van der Waals surface area contributed by atoms with Gasteiger partial charge in [0.05, 0.1) is 32.0 Å². The van der Waals surface area contributed by atoms with Gasteiger partial charge >= 0.3 is 0 Å². The van der Waals surface area contributed by atoms with Crippen LogP contribution in [0.3, 0.4) is 0 Å². The van der Waals surface area contributed by atoms with Gasteiger partial charge in [-0.2, -0.15) is 0 Å². The molecule has 31 heavy (non-hydrogen) atoms. The van der Waals surface area contributed by atoms with Gasteiger partial charge in [-0.05, 0) is 23.8 Å². The maximum absolute atomic E-state index is 12.7. The van der Waals surface area contributed by atoms with E-state index in [1.165, 1.54) is 11.1 Å². The first-order valence-corrected chi connectivity index (χ1v) is 10.4. The smallest absolute Gasteiger partial charge is 0.263 e. The minimum absolute atomic E-state index is 0.159. The largest absolute Gasteiger partial charge is 0.467 e. The van der Waals surface area contributed by atoms with E-state index >= 15 is 0 Å². The van der Waals surface area contributed by atoms with Crippen molar-refractivity contribution in [3.63, 3.8) is 0 Å². The molecule has 0 aliphatic carbocycles. The molecule has 0 radical (unpaired) electrons. The zero-order valence-electron chi connectivity index (χ0n) is 16.9. The monoisotopic (exact) mass is 439 g/mol. The number of amides is 2. The summed E-state index contributed by atoms with van der Waals surface area (Å²) < 4.78 is 12.3. The van der Waals surface area contributed by atoms with Crippen molar-refractivity contribution >= 4 is 33.9 Å². The Kier molecular flexibility index (Phi) is 6.39. The molecule has 0 fully saturated rings. The van der Waals surface area contributed by atoms with Gasteiger partial charge in [0.2, 0.25) is 5.91 Å². The molecule has 9 nitrogen and oxygen atoms in total. The van der Waals surface area contributed by atoms with E-state index in [9.17, 15) is 9.59 Å². The van der Waals surface area contributed by atoms with Gasteiger partial charge in [0.1, 0.15) is 16.3 Å². The molecule has 160 valence electrons. The van der Waals surface area contributed by atoms with Gasteiger partial charge in [0, 0.05) is 32.2 Å². The van der Waals surface area contributed by atoms with Crippen molar-refractivity contribution < 1.29 is 18.7 Å². The van der Waals surface area contributed by atoms with E-state index in [0.717, 1.165) is 22.5 Å². The number of rotatable bonds is 9. The first kappa shape index (κ1) is 20.8. The summed E-state index contributed by atoms with van der Waals surface area (Å²) in [6.45, 7) is 0.894. The normalized spacial score (nSPS) is 11.0. The zero-order chi connectivity index (χ0) is 21.6. The van der Waals surface area contributed by atoms with E-state index in [1.807, 2.05) is 28.9 Å². The molecule has 0 atom stereocenters. The number of thiazole rings is 1. The summed E-state index contributed by atoms with van der Waals surface area (Å²) in [6.07, 6.45) is 8.72. The summed E-state index contributed by atoms with van der Waals surface area (Å²) in [7, 11) is 1.54. The standard InChI is InChI=1S/C21H21N5O4S/c1-29-10-6-19(27)26(14-16-3-2-9-30-16)21-24-12-17(31-21)20(28)23-11-15-4-5-18-22-7-8-25(18)13-15/h2-5,7-9,12-13H,6,10-11,14H2,1H3,(H,23,28). The number of fused-ring (bicyclic) bond motifs is 1. The van der Waals surface area contributed by atoms with E-state index in [0.29, 0.717) is 28.9 Å². The number of carbonyl (C=O) groups is 2. The zero-order valence-corrected chi connectivity index (χ0v) is 17.7. The lowest BCUT2D eigenvalue weighted by Crippen LogP contribution is -2.30. The van der Waals surface area contributed by atoms with Crippen molar-refractivity contribution in [2.45, 2.75) is 19.5 Å². The third-order valence-corrected chi connectivity index (χ3v) is 5.59. The third kappa shape index (κ3) is 4.98. The van der Waals surface area contributed by atoms with Gasteiger partial charge in [0.25, 0.3) is 5.91 Å². The number of anilines is 1. The van der Waals surface area contributed by atoms with Crippen molar-refractivity contribution in [3.8, 4) is 0 Å². The van der Waals surface area contributed by atoms with E-state index in [4.69, 9.17) is 9.15 Å². The van der Waals surface area contributed by atoms with Crippen LogP contribution in [0.4, 0.5) is 5.13 Å². The Labute approximate surface area is 182 Å². The lowest BCUT2D eigenvalue weighted by molar-refractivity contribution is -0.119. The van der Waals surface area contributed by atoms with Gasteiger partial charge < -0.3 is 18.9 Å². The molecular formula is C21H21N5O4S. The van der Waals surface area contributed by atoms with Crippen LogP contribution in [0.1, 0.15) is 27.4 Å². The Morgan fingerprint density at radius 2 is 2.19 bits per heavy atom. The summed E-state index contributed by atoms with van der Waals surface area (Å²) in [4.78, 5) is 35.7. The molecular weight excluding hydrogens is 418 g/mol. The second-order valence-corrected chi connectivity index (χ2v) is 7.73. The number of hydrogen-bond acceptors (Lipinski definition) is 7. The van der Waals surface area contributed by atoms with E-state index in [-0.39, 0.29) is 24.8 Å². The second-order valence-electron chi connectivity index (χ2n) is 6.72. The van der Waals surface area contributed by atoms with E-state index in [1.54, 1.807) is 31.7 Å². The summed E-state index contributed by atoms with van der Waals surface area (Å²) in [6, 6.07) is 7.36. The maximum Gasteiger partial charge on any atom is 0.263 e. The number of ether oxygens (including phenoxy) is 1. The summed E-state index contributed by atoms with van der Waals surface area (Å²) in [5.41, 5.74) is 1.79. The molecule has 4 heterocycles. The van der Waals surface area contributed by atoms with Crippen LogP contribution in [0.25, 0.3) is 5.65 Å². The number of nitrogens with one attached hydrogen (secondary N) is 1. The molecule has 0 aromatic carbocycles. The molecule has 0 aliphatic heterocycles. The highest BCUT2D eigenvalue weighted by Gasteiger charge is 2.22. The fourth-order valence-corrected chi connectivity index (χ4v) is 3.83. The average Bonchev–Trinajstić information content (AvgIpc) is 3.55. The number of carbonyl (C=O) groups excluding carboxylic acids is 2. The van der Waals surface area contributed by atoms with Crippen LogP contribution in [0.2, 0.25) is 0 Å². The lowest BCUT2D eigenvalue weighted by Gasteiger charge is -2.18. The first-order chi connectivity index (χ1) is 15.1. The van der Waals surface area contributed by atoms with Gasteiger partial charge in [-0.3, -0.25) is 14.5 Å². The van der Waals surface area contributed by atoms with Crippen molar-refractivity contribution in [1.82, 2.24) is 19.7 Å². The maximum atomic E-state index is 12.7. The predicted octanol–water partition coefficient (Wildman–Crippen LogP) is 2.88. The van der Waals surface area contributed by atoms with Crippen molar-refractivity contribution in [2.24, 2.45) is 0 Å². The van der Waals surface area contributed by atoms with Crippen LogP contribution in [-0.2, 0) is 22.6 Å². The number of furan rings is 1. The molecule has 1 N–H and O–H groups in total. The quantitative estimate of drug-likeness (QED) is 0.430.